The number of hydrogen-bond acceptors (Lipinski definition) is 5. The molecule has 0 spiro atoms. The molecule has 0 aliphatic rings. The second kappa shape index (κ2) is 5.21. The van der Waals surface area contributed by atoms with E-state index < -0.39 is 0 Å². The molecule has 0 saturated carbocycles. The number of fused-ring (bicyclic) bond motifs is 2. The molecule has 0 aliphatic heterocycles. The van der Waals surface area contributed by atoms with Crippen LogP contribution in [0, 0.1) is 0 Å². The maximum Gasteiger partial charge on any atom is 0.155 e. The monoisotopic (exact) mass is 329 g/mol. The highest BCUT2D eigenvalue weighted by Gasteiger charge is 2.11. The van der Waals surface area contributed by atoms with Crippen LogP contribution in [0.2, 0.25) is 0 Å². The van der Waals surface area contributed by atoms with Gasteiger partial charge in [-0.3, -0.25) is 4.98 Å². The fraction of sp³-hybridized carbons (Fsp3) is 0. The molecule has 0 amide bonds. The van der Waals surface area contributed by atoms with E-state index in [1.54, 1.807) is 28.4 Å². The van der Waals surface area contributed by atoms with Crippen molar-refractivity contribution in [1.82, 2.24) is 24.6 Å². The average molecular weight is 329 g/mol. The Morgan fingerprint density at radius 1 is 1.00 bits per heavy atom. The molecule has 114 valence electrons. The average Bonchev–Trinajstić information content (AvgIpc) is 3.27. The first-order valence-electron chi connectivity index (χ1n) is 7.47. The minimum atomic E-state index is 0.835. The molecule has 0 radical (unpaired) electrons. The van der Waals surface area contributed by atoms with Gasteiger partial charge in [-0.2, -0.15) is 5.10 Å². The van der Waals surface area contributed by atoms with Gasteiger partial charge in [0, 0.05) is 40.7 Å². The second-order valence-electron chi connectivity index (χ2n) is 5.41. The number of rotatable bonds is 2. The Morgan fingerprint density at radius 3 is 2.92 bits per heavy atom. The van der Waals surface area contributed by atoms with Gasteiger partial charge in [-0.15, -0.1) is 11.3 Å². The first-order chi connectivity index (χ1) is 11.9. The molecule has 0 N–H and O–H groups in total. The van der Waals surface area contributed by atoms with Crippen molar-refractivity contribution in [3.05, 3.63) is 66.7 Å². The largest absolute Gasteiger partial charge is 0.264 e. The van der Waals surface area contributed by atoms with Gasteiger partial charge in [0.1, 0.15) is 6.33 Å². The van der Waals surface area contributed by atoms with Crippen LogP contribution >= 0.6 is 11.3 Å². The lowest BCUT2D eigenvalue weighted by molar-refractivity contribution is 0.963. The Bertz CT molecular complexity index is 1160. The molecule has 0 bridgehead atoms. The molecular formula is C18H11N5S. The maximum absolute atomic E-state index is 4.87. The van der Waals surface area contributed by atoms with Crippen LogP contribution in [0.5, 0.6) is 0 Å². The number of pyridine rings is 3. The van der Waals surface area contributed by atoms with Gasteiger partial charge in [0.25, 0.3) is 0 Å². The first kappa shape index (κ1) is 13.3. The lowest BCUT2D eigenvalue weighted by Gasteiger charge is -2.03. The summed E-state index contributed by atoms with van der Waals surface area (Å²) in [7, 11) is 0. The standard InChI is InChI=1S/C18H11N5S/c1-2-12(8-19-7-1)15-4-5-16-18(22-15)14(10-24-16)13-3-6-17-20-11-21-23(17)9-13/h1-11H. The highest BCUT2D eigenvalue weighted by Crippen LogP contribution is 2.34. The predicted molar refractivity (Wildman–Crippen MR) is 94.8 cm³/mol. The van der Waals surface area contributed by atoms with Crippen LogP contribution in [0.4, 0.5) is 0 Å². The van der Waals surface area contributed by atoms with Gasteiger partial charge < -0.3 is 0 Å². The van der Waals surface area contributed by atoms with Crippen LogP contribution in [-0.2, 0) is 0 Å². The van der Waals surface area contributed by atoms with E-state index in [0.29, 0.717) is 0 Å². The summed E-state index contributed by atoms with van der Waals surface area (Å²) < 4.78 is 2.94. The van der Waals surface area contributed by atoms with Gasteiger partial charge in [-0.05, 0) is 36.4 Å². The van der Waals surface area contributed by atoms with Crippen molar-refractivity contribution < 1.29 is 0 Å². The third-order valence-corrected chi connectivity index (χ3v) is 4.90. The summed E-state index contributed by atoms with van der Waals surface area (Å²) in [6.07, 6.45) is 7.15. The second-order valence-corrected chi connectivity index (χ2v) is 6.33. The van der Waals surface area contributed by atoms with Crippen LogP contribution < -0.4 is 0 Å². The van der Waals surface area contributed by atoms with E-state index in [9.17, 15) is 0 Å². The SMILES string of the molecule is c1cncc(-c2ccc3scc(-c4ccc5ncnn5c4)c3n2)c1. The minimum Gasteiger partial charge on any atom is -0.264 e. The molecule has 0 atom stereocenters. The summed E-state index contributed by atoms with van der Waals surface area (Å²) >= 11 is 1.70. The number of nitrogens with zero attached hydrogens (tertiary/aromatic N) is 5. The topological polar surface area (TPSA) is 56.0 Å². The number of thiophene rings is 1. The maximum atomic E-state index is 4.87. The predicted octanol–water partition coefficient (Wildman–Crippen LogP) is 4.07. The Balaban J connectivity index is 1.71. The van der Waals surface area contributed by atoms with Crippen LogP contribution in [0.3, 0.4) is 0 Å². The van der Waals surface area contributed by atoms with Crippen molar-refractivity contribution in [2.45, 2.75) is 0 Å². The van der Waals surface area contributed by atoms with Gasteiger partial charge >= 0.3 is 0 Å². The van der Waals surface area contributed by atoms with Crippen LogP contribution in [0.25, 0.3) is 38.2 Å². The van der Waals surface area contributed by atoms with Crippen LogP contribution in [0.1, 0.15) is 0 Å². The van der Waals surface area contributed by atoms with E-state index in [1.807, 2.05) is 36.7 Å². The highest BCUT2D eigenvalue weighted by atomic mass is 32.1. The highest BCUT2D eigenvalue weighted by molar-refractivity contribution is 7.17. The summed E-state index contributed by atoms with van der Waals surface area (Å²) in [6, 6.07) is 12.1. The molecule has 5 nitrogen and oxygen atoms in total. The van der Waals surface area contributed by atoms with Crippen molar-refractivity contribution in [2.24, 2.45) is 0 Å². The molecule has 6 heteroatoms. The summed E-state index contributed by atoms with van der Waals surface area (Å²) in [5.74, 6) is 0. The van der Waals surface area contributed by atoms with Crippen LogP contribution in [0.15, 0.2) is 66.7 Å². The van der Waals surface area contributed by atoms with E-state index in [0.717, 1.165) is 38.2 Å². The van der Waals surface area contributed by atoms with Gasteiger partial charge in [0.05, 0.1) is 15.9 Å². The fourth-order valence-electron chi connectivity index (χ4n) is 2.77. The fourth-order valence-corrected chi connectivity index (χ4v) is 3.68. The number of aromatic nitrogens is 5. The smallest absolute Gasteiger partial charge is 0.155 e. The molecule has 24 heavy (non-hydrogen) atoms. The van der Waals surface area contributed by atoms with E-state index in [4.69, 9.17) is 4.98 Å². The Labute approximate surface area is 141 Å². The third-order valence-electron chi connectivity index (χ3n) is 3.96. The molecular weight excluding hydrogens is 318 g/mol. The lowest BCUT2D eigenvalue weighted by atomic mass is 10.1. The summed E-state index contributed by atoms with van der Waals surface area (Å²) in [4.78, 5) is 13.2. The molecule has 5 aromatic rings. The van der Waals surface area contributed by atoms with Gasteiger partial charge in [0.2, 0.25) is 0 Å². The summed E-state index contributed by atoms with van der Waals surface area (Å²) in [5, 5.41) is 6.36. The van der Waals surface area contributed by atoms with E-state index in [2.05, 4.69) is 32.6 Å². The zero-order chi connectivity index (χ0) is 15.9. The summed E-state index contributed by atoms with van der Waals surface area (Å²) in [5.41, 5.74) is 5.97. The summed E-state index contributed by atoms with van der Waals surface area (Å²) in [6.45, 7) is 0. The molecule has 0 unspecified atom stereocenters. The van der Waals surface area contributed by atoms with E-state index >= 15 is 0 Å². The van der Waals surface area contributed by atoms with Crippen LogP contribution in [-0.4, -0.2) is 24.6 Å². The van der Waals surface area contributed by atoms with Gasteiger partial charge in [-0.25, -0.2) is 14.5 Å². The first-order valence-corrected chi connectivity index (χ1v) is 8.35. The zero-order valence-corrected chi connectivity index (χ0v) is 13.3. The normalized spacial score (nSPS) is 11.3. The third kappa shape index (κ3) is 2.08. The lowest BCUT2D eigenvalue weighted by Crippen LogP contribution is -1.89. The molecule has 0 aromatic carbocycles. The molecule has 5 heterocycles. The van der Waals surface area contributed by atoms with E-state index in [1.165, 1.54) is 0 Å². The molecule has 5 rings (SSSR count). The molecule has 0 saturated heterocycles. The Kier molecular flexibility index (Phi) is 2.89. The van der Waals surface area contributed by atoms with Gasteiger partial charge in [-0.1, -0.05) is 0 Å². The van der Waals surface area contributed by atoms with Crippen molar-refractivity contribution >= 4 is 27.2 Å². The molecule has 0 aliphatic carbocycles. The zero-order valence-electron chi connectivity index (χ0n) is 12.5. The Hall–Kier alpha value is -3.12. The molecule has 0 fully saturated rings. The van der Waals surface area contributed by atoms with Crippen molar-refractivity contribution in [2.75, 3.05) is 0 Å². The van der Waals surface area contributed by atoms with Crippen molar-refractivity contribution in [3.8, 4) is 22.4 Å². The van der Waals surface area contributed by atoms with Crippen molar-refractivity contribution in [1.29, 1.82) is 0 Å². The van der Waals surface area contributed by atoms with E-state index in [-0.39, 0.29) is 0 Å². The number of hydrogen-bond donors (Lipinski definition) is 0. The van der Waals surface area contributed by atoms with Crippen molar-refractivity contribution in [3.63, 3.8) is 0 Å². The quantitative estimate of drug-likeness (QED) is 0.490. The van der Waals surface area contributed by atoms with Gasteiger partial charge in [0.15, 0.2) is 5.65 Å². The Morgan fingerprint density at radius 2 is 2.00 bits per heavy atom. The molecule has 5 aromatic heterocycles. The minimum absolute atomic E-state index is 0.835.